The molecule has 0 bridgehead atoms. The average molecular weight is 318 g/mol. The Labute approximate surface area is 112 Å². The Morgan fingerprint density at radius 1 is 1.38 bits per heavy atom. The van der Waals surface area contributed by atoms with Crippen LogP contribution in [0.4, 0.5) is 0 Å². The van der Waals surface area contributed by atoms with E-state index in [-0.39, 0.29) is 0 Å². The zero-order valence-corrected chi connectivity index (χ0v) is 11.7. The molecule has 1 unspecified atom stereocenters. The molecule has 1 N–H and O–H groups in total. The van der Waals surface area contributed by atoms with Crippen LogP contribution in [0.5, 0.6) is 0 Å². The predicted molar refractivity (Wildman–Crippen MR) is 72.3 cm³/mol. The van der Waals surface area contributed by atoms with Gasteiger partial charge in [0.15, 0.2) is 0 Å². The maximum absolute atomic E-state index is 10.2. The van der Waals surface area contributed by atoms with Gasteiger partial charge in [-0.2, -0.15) is 0 Å². The summed E-state index contributed by atoms with van der Waals surface area (Å²) in [5, 5.41) is 12.9. The first-order valence-corrected chi connectivity index (χ1v) is 6.81. The first-order valence-electron chi connectivity index (χ1n) is 4.76. The number of hydrogen-bond donors (Lipinski definition) is 1. The fraction of sp³-hybridized carbons (Fsp3) is 0.167. The van der Waals surface area contributed by atoms with Gasteiger partial charge in [-0.1, -0.05) is 23.7 Å². The van der Waals surface area contributed by atoms with Crippen LogP contribution in [0.15, 0.2) is 34.1 Å². The van der Waals surface area contributed by atoms with E-state index in [2.05, 4.69) is 15.9 Å². The predicted octanol–water partition coefficient (Wildman–Crippen LogP) is 4.55. The summed E-state index contributed by atoms with van der Waals surface area (Å²) in [5.74, 6) is 0. The lowest BCUT2D eigenvalue weighted by Crippen LogP contribution is -1.98. The number of aryl methyl sites for hydroxylation is 1. The van der Waals surface area contributed by atoms with Gasteiger partial charge in [0.1, 0.15) is 6.10 Å². The fourth-order valence-corrected chi connectivity index (χ4v) is 3.21. The van der Waals surface area contributed by atoms with E-state index in [9.17, 15) is 5.11 Å². The second-order valence-corrected chi connectivity index (χ2v) is 5.75. The summed E-state index contributed by atoms with van der Waals surface area (Å²) in [7, 11) is 0. The highest BCUT2D eigenvalue weighted by Gasteiger charge is 2.15. The van der Waals surface area contributed by atoms with E-state index >= 15 is 0 Å². The molecular weight excluding hydrogens is 308 g/mol. The molecular formula is C12H10BrClOS. The van der Waals surface area contributed by atoms with Gasteiger partial charge >= 0.3 is 0 Å². The van der Waals surface area contributed by atoms with Crippen molar-refractivity contribution in [1.29, 1.82) is 0 Å². The maximum atomic E-state index is 10.2. The van der Waals surface area contributed by atoms with E-state index in [0.29, 0.717) is 0 Å². The van der Waals surface area contributed by atoms with Crippen molar-refractivity contribution in [2.75, 3.05) is 0 Å². The fourth-order valence-electron chi connectivity index (χ4n) is 1.49. The molecule has 1 atom stereocenters. The van der Waals surface area contributed by atoms with Crippen molar-refractivity contribution < 1.29 is 5.11 Å². The van der Waals surface area contributed by atoms with E-state index in [1.807, 2.05) is 36.6 Å². The largest absolute Gasteiger partial charge is 0.383 e. The summed E-state index contributed by atoms with van der Waals surface area (Å²) >= 11 is 10.9. The molecule has 1 aromatic heterocycles. The van der Waals surface area contributed by atoms with E-state index in [1.54, 1.807) is 0 Å². The Hall–Kier alpha value is -0.350. The smallest absolute Gasteiger partial charge is 0.114 e. The molecule has 0 saturated heterocycles. The number of thiophene rings is 1. The Balaban J connectivity index is 2.38. The molecule has 0 amide bonds. The quantitative estimate of drug-likeness (QED) is 0.861. The monoisotopic (exact) mass is 316 g/mol. The Morgan fingerprint density at radius 2 is 2.12 bits per heavy atom. The lowest BCUT2D eigenvalue weighted by Gasteiger charge is -2.11. The highest BCUT2D eigenvalue weighted by molar-refractivity contribution is 9.10. The van der Waals surface area contributed by atoms with E-state index in [0.717, 1.165) is 25.5 Å². The van der Waals surface area contributed by atoms with Crippen molar-refractivity contribution >= 4 is 38.9 Å². The number of aliphatic hydroxyl groups excluding tert-OH is 1. The summed E-state index contributed by atoms with van der Waals surface area (Å²) < 4.78 is 0.942. The number of halogens is 2. The summed E-state index contributed by atoms with van der Waals surface area (Å²) in [5.41, 5.74) is 1.84. The third-order valence-electron chi connectivity index (χ3n) is 2.39. The van der Waals surface area contributed by atoms with Crippen LogP contribution in [0.3, 0.4) is 0 Å². The number of hydrogen-bond acceptors (Lipinski definition) is 2. The molecule has 16 heavy (non-hydrogen) atoms. The van der Waals surface area contributed by atoms with Gasteiger partial charge in [-0.25, -0.2) is 0 Å². The molecule has 0 aliphatic carbocycles. The Morgan fingerprint density at radius 3 is 2.69 bits per heavy atom. The van der Waals surface area contributed by atoms with Crippen LogP contribution in [-0.4, -0.2) is 5.11 Å². The van der Waals surface area contributed by atoms with Gasteiger partial charge in [-0.05, 0) is 51.5 Å². The molecule has 0 saturated carbocycles. The van der Waals surface area contributed by atoms with Crippen LogP contribution in [0.25, 0.3) is 0 Å². The minimum Gasteiger partial charge on any atom is -0.383 e. The number of benzene rings is 1. The third kappa shape index (κ3) is 2.33. The standard InChI is InChI=1S/C12H10BrClOS/c1-7-6-8(2-3-10(7)14)11(15)12-9(13)4-5-16-12/h2-6,11,15H,1H3. The molecule has 1 heterocycles. The zero-order chi connectivity index (χ0) is 11.7. The molecule has 1 nitrogen and oxygen atoms in total. The summed E-state index contributed by atoms with van der Waals surface area (Å²) in [6.07, 6.45) is -0.592. The molecule has 0 fully saturated rings. The van der Waals surface area contributed by atoms with Crippen molar-refractivity contribution in [2.45, 2.75) is 13.0 Å². The molecule has 0 radical (unpaired) electrons. The highest BCUT2D eigenvalue weighted by atomic mass is 79.9. The average Bonchev–Trinajstić information content (AvgIpc) is 2.67. The minimum absolute atomic E-state index is 0.592. The lowest BCUT2D eigenvalue weighted by atomic mass is 10.1. The van der Waals surface area contributed by atoms with Gasteiger partial charge in [-0.15, -0.1) is 11.3 Å². The molecule has 0 aliphatic heterocycles. The molecule has 84 valence electrons. The van der Waals surface area contributed by atoms with Gasteiger partial charge in [0, 0.05) is 9.50 Å². The second-order valence-electron chi connectivity index (χ2n) is 3.54. The molecule has 0 spiro atoms. The van der Waals surface area contributed by atoms with Crippen molar-refractivity contribution in [3.8, 4) is 0 Å². The van der Waals surface area contributed by atoms with E-state index in [1.165, 1.54) is 11.3 Å². The molecule has 2 aromatic rings. The van der Waals surface area contributed by atoms with E-state index in [4.69, 9.17) is 11.6 Å². The second kappa shape index (κ2) is 4.88. The minimum atomic E-state index is -0.592. The Bertz CT molecular complexity index is 509. The van der Waals surface area contributed by atoms with Crippen molar-refractivity contribution in [3.63, 3.8) is 0 Å². The maximum Gasteiger partial charge on any atom is 0.114 e. The van der Waals surface area contributed by atoms with Crippen LogP contribution in [0.2, 0.25) is 5.02 Å². The van der Waals surface area contributed by atoms with Crippen LogP contribution >= 0.6 is 38.9 Å². The zero-order valence-electron chi connectivity index (χ0n) is 8.58. The van der Waals surface area contributed by atoms with Gasteiger partial charge in [0.25, 0.3) is 0 Å². The molecule has 0 aliphatic rings. The van der Waals surface area contributed by atoms with Gasteiger partial charge < -0.3 is 5.11 Å². The summed E-state index contributed by atoms with van der Waals surface area (Å²) in [6.45, 7) is 1.93. The molecule has 1 aromatic carbocycles. The van der Waals surface area contributed by atoms with E-state index < -0.39 is 6.10 Å². The van der Waals surface area contributed by atoms with Gasteiger partial charge in [0.05, 0.1) is 4.88 Å². The molecule has 4 heteroatoms. The third-order valence-corrected chi connectivity index (χ3v) is 4.74. The van der Waals surface area contributed by atoms with Crippen molar-refractivity contribution in [1.82, 2.24) is 0 Å². The van der Waals surface area contributed by atoms with Crippen molar-refractivity contribution in [3.05, 3.63) is 55.1 Å². The first kappa shape index (κ1) is 12.1. The summed E-state index contributed by atoms with van der Waals surface area (Å²) in [6, 6.07) is 7.52. The Kier molecular flexibility index (Phi) is 3.70. The summed E-state index contributed by atoms with van der Waals surface area (Å²) in [4.78, 5) is 0.918. The lowest BCUT2D eigenvalue weighted by molar-refractivity contribution is 0.223. The van der Waals surface area contributed by atoms with Crippen molar-refractivity contribution in [2.24, 2.45) is 0 Å². The van der Waals surface area contributed by atoms with Crippen LogP contribution in [-0.2, 0) is 0 Å². The number of aliphatic hydroxyl groups is 1. The normalized spacial score (nSPS) is 12.8. The first-order chi connectivity index (χ1) is 7.59. The van der Waals surface area contributed by atoms with Gasteiger partial charge in [-0.3, -0.25) is 0 Å². The molecule has 2 rings (SSSR count). The van der Waals surface area contributed by atoms with Gasteiger partial charge in [0.2, 0.25) is 0 Å². The van der Waals surface area contributed by atoms with Crippen LogP contribution in [0.1, 0.15) is 22.1 Å². The van der Waals surface area contributed by atoms with Crippen LogP contribution in [0, 0.1) is 6.92 Å². The SMILES string of the molecule is Cc1cc(C(O)c2sccc2Br)ccc1Cl. The number of rotatable bonds is 2. The topological polar surface area (TPSA) is 20.2 Å². The van der Waals surface area contributed by atoms with Crippen LogP contribution < -0.4 is 0 Å². The highest BCUT2D eigenvalue weighted by Crippen LogP contribution is 2.33.